The van der Waals surface area contributed by atoms with Crippen LogP contribution in [0.1, 0.15) is 258 Å². The molecule has 1 atom stereocenters. The Hall–Kier alpha value is 0. The molecule has 346 valence electrons. The highest BCUT2D eigenvalue weighted by atomic mass is 14.3. The van der Waals surface area contributed by atoms with Crippen LogP contribution in [0.25, 0.3) is 0 Å². The first kappa shape index (κ1) is 82.0. The molecule has 0 aliphatic heterocycles. The van der Waals surface area contributed by atoms with E-state index in [0.717, 1.165) is 94.7 Å². The largest absolute Gasteiger partial charge is 0.0776 e. The van der Waals surface area contributed by atoms with Crippen LogP contribution < -0.4 is 0 Å². The van der Waals surface area contributed by atoms with Crippen molar-refractivity contribution >= 4 is 0 Å². The predicted molar refractivity (Wildman–Crippen MR) is 271 cm³/mol. The molecular formula is C54H130. The third kappa shape index (κ3) is 46.4. The molecule has 0 bridgehead atoms. The zero-order chi connectivity index (χ0) is 39.9. The van der Waals surface area contributed by atoms with Crippen LogP contribution in [0.4, 0.5) is 0 Å². The van der Waals surface area contributed by atoms with Gasteiger partial charge in [0, 0.05) is 0 Å². The molecule has 0 heteroatoms. The van der Waals surface area contributed by atoms with E-state index >= 15 is 0 Å². The molecule has 0 aromatic carbocycles. The van der Waals surface area contributed by atoms with Crippen molar-refractivity contribution in [2.75, 3.05) is 0 Å². The van der Waals surface area contributed by atoms with Gasteiger partial charge < -0.3 is 0 Å². The molecule has 54 heavy (non-hydrogen) atoms. The average molecular weight is 780 g/mol. The van der Waals surface area contributed by atoms with Gasteiger partial charge in [-0.1, -0.05) is 251 Å². The summed E-state index contributed by atoms with van der Waals surface area (Å²) in [6.45, 7) is 64.9. The van der Waals surface area contributed by atoms with E-state index in [-0.39, 0.29) is 44.6 Å². The maximum absolute atomic E-state index is 2.38. The van der Waals surface area contributed by atoms with Gasteiger partial charge in [0.25, 0.3) is 0 Å². The van der Waals surface area contributed by atoms with Gasteiger partial charge in [0.05, 0.1) is 0 Å². The van der Waals surface area contributed by atoms with Gasteiger partial charge in [0.15, 0.2) is 0 Å². The van der Waals surface area contributed by atoms with Gasteiger partial charge in [-0.2, -0.15) is 0 Å². The summed E-state index contributed by atoms with van der Waals surface area (Å²) < 4.78 is 0. The lowest BCUT2D eigenvalue weighted by Gasteiger charge is -2.37. The molecule has 0 rings (SSSR count). The number of rotatable bonds is 14. The maximum Gasteiger partial charge on any atom is -0.0319 e. The third-order valence-corrected chi connectivity index (χ3v) is 10.7. The zero-order valence-corrected chi connectivity index (χ0v) is 39.9. The van der Waals surface area contributed by atoms with E-state index in [9.17, 15) is 0 Å². The van der Waals surface area contributed by atoms with Gasteiger partial charge in [-0.05, 0) is 107 Å². The van der Waals surface area contributed by atoms with Gasteiger partial charge in [0.2, 0.25) is 0 Å². The Labute approximate surface area is 356 Å². The first-order chi connectivity index (χ1) is 21.4. The number of hydrogen-bond acceptors (Lipinski definition) is 0. The molecule has 0 aliphatic carbocycles. The van der Waals surface area contributed by atoms with E-state index in [4.69, 9.17) is 0 Å². The fourth-order valence-electron chi connectivity index (χ4n) is 10.1. The molecule has 0 aromatic rings. The summed E-state index contributed by atoms with van der Waals surface area (Å²) in [6.07, 6.45) is 4.01. The van der Waals surface area contributed by atoms with Crippen LogP contribution in [-0.4, -0.2) is 0 Å². The first-order valence-electron chi connectivity index (χ1n) is 21.4. The highest BCUT2D eigenvalue weighted by Crippen LogP contribution is 2.37. The highest BCUT2D eigenvalue weighted by Gasteiger charge is 2.29. The van der Waals surface area contributed by atoms with Gasteiger partial charge in [-0.3, -0.25) is 0 Å². The molecule has 0 fully saturated rings. The summed E-state index contributed by atoms with van der Waals surface area (Å²) in [5.41, 5.74) is 0.461. The fraction of sp³-hybridized carbons (Fsp3) is 1.00. The summed E-state index contributed by atoms with van der Waals surface area (Å²) in [4.78, 5) is 0. The molecule has 0 radical (unpaired) electrons. The fourth-order valence-corrected chi connectivity index (χ4v) is 10.1. The minimum atomic E-state index is 0. The van der Waals surface area contributed by atoms with Crippen molar-refractivity contribution < 1.29 is 0 Å². The van der Waals surface area contributed by atoms with Crippen molar-refractivity contribution in [3.63, 3.8) is 0 Å². The second-order valence-corrected chi connectivity index (χ2v) is 20.7. The quantitative estimate of drug-likeness (QED) is 0.165. The smallest absolute Gasteiger partial charge is 0.0319 e. The Bertz CT molecular complexity index is 584. The predicted octanol–water partition coefficient (Wildman–Crippen LogP) is 21.3. The normalized spacial score (nSPS) is 11.6. The summed E-state index contributed by atoms with van der Waals surface area (Å²) in [6, 6.07) is 0. The molecule has 0 aromatic heterocycles. The first-order valence-corrected chi connectivity index (χ1v) is 21.4. The highest BCUT2D eigenvalue weighted by molar-refractivity contribution is 4.79. The molecular weight excluding hydrogens is 649 g/mol. The van der Waals surface area contributed by atoms with E-state index in [1.807, 2.05) is 0 Å². The van der Waals surface area contributed by atoms with Gasteiger partial charge in [-0.25, -0.2) is 0 Å². The van der Waals surface area contributed by atoms with Crippen molar-refractivity contribution in [2.24, 2.45) is 100 Å². The lowest BCUT2D eigenvalue weighted by atomic mass is 9.69. The summed E-state index contributed by atoms with van der Waals surface area (Å²) in [5, 5.41) is 0. The Balaban J connectivity index is -0.0000000466. The summed E-state index contributed by atoms with van der Waals surface area (Å²) in [7, 11) is 0. The lowest BCUT2D eigenvalue weighted by molar-refractivity contribution is 0.124. The van der Waals surface area contributed by atoms with Gasteiger partial charge >= 0.3 is 0 Å². The van der Waals surface area contributed by atoms with Crippen molar-refractivity contribution in [3.8, 4) is 0 Å². The van der Waals surface area contributed by atoms with Crippen molar-refractivity contribution in [2.45, 2.75) is 258 Å². The number of hydrogen-bond donors (Lipinski definition) is 0. The van der Waals surface area contributed by atoms with Crippen molar-refractivity contribution in [3.05, 3.63) is 0 Å². The second kappa shape index (κ2) is 44.1. The van der Waals surface area contributed by atoms with Gasteiger partial charge in [-0.15, -0.1) is 0 Å². The van der Waals surface area contributed by atoms with E-state index in [0.29, 0.717) is 5.41 Å². The monoisotopic (exact) mass is 779 g/mol. The molecule has 0 nitrogen and oxygen atoms in total. The van der Waals surface area contributed by atoms with Crippen LogP contribution in [0.3, 0.4) is 0 Å². The van der Waals surface area contributed by atoms with Crippen LogP contribution in [-0.2, 0) is 0 Å². The Kier molecular flexibility index (Phi) is 67.0. The van der Waals surface area contributed by atoms with E-state index in [1.165, 1.54) is 19.3 Å². The SMILES string of the molecule is C.C.C.C.C.C.CC(C)C(C(C)C)C(C)(C)C.CC(C)C(C(C)C)C(C)C.CC(C)CC(C)C.CCC(C(C)C)C(C)C.CCC(C)C(C(C)C)C(C)C. The van der Waals surface area contributed by atoms with Crippen LogP contribution in [0.5, 0.6) is 0 Å². The Morgan fingerprint density at radius 1 is 0.315 bits per heavy atom. The molecule has 0 N–H and O–H groups in total. The molecule has 0 heterocycles. The topological polar surface area (TPSA) is 0 Å². The Morgan fingerprint density at radius 3 is 0.574 bits per heavy atom. The van der Waals surface area contributed by atoms with Crippen molar-refractivity contribution in [1.82, 2.24) is 0 Å². The minimum Gasteiger partial charge on any atom is -0.0776 e. The average Bonchev–Trinajstić information content (AvgIpc) is 2.81. The summed E-state index contributed by atoms with van der Waals surface area (Å²) in [5.74, 6) is 13.7. The standard InChI is InChI=1S/2C11H24.C10H22.C9H20.C7H16.6CH4/c1-8(2)10(9(3)4)11(5,6)7;1-7-10(6)11(8(2)3)9(4)5;1-7(2)10(8(3)4)9(5)6;1-6-9(7(2)3)8(4)5;1-6(2)5-7(3)4;;;;;;/h8-10H,1-7H3;8-11H,7H2,1-6H3;7-10H,1-6H3;7-9H,6H2,1-5H3;6-7H,5H2,1-4H3;6*1H4. The third-order valence-electron chi connectivity index (χ3n) is 10.7. The minimum absolute atomic E-state index is 0. The lowest BCUT2D eigenvalue weighted by Crippen LogP contribution is -2.29. The molecule has 1 unspecified atom stereocenters. The molecule has 0 saturated heterocycles. The molecule has 0 spiro atoms. The maximum atomic E-state index is 2.38. The van der Waals surface area contributed by atoms with Crippen LogP contribution >= 0.6 is 0 Å². The van der Waals surface area contributed by atoms with Crippen molar-refractivity contribution in [1.29, 1.82) is 0 Å². The van der Waals surface area contributed by atoms with Crippen LogP contribution in [0, 0.1) is 100 Å². The van der Waals surface area contributed by atoms with Crippen LogP contribution in [0.15, 0.2) is 0 Å². The van der Waals surface area contributed by atoms with E-state index in [1.54, 1.807) is 0 Å². The van der Waals surface area contributed by atoms with Gasteiger partial charge in [0.1, 0.15) is 0 Å². The zero-order valence-electron chi connectivity index (χ0n) is 39.9. The molecule has 0 saturated carbocycles. The molecule has 0 amide bonds. The van der Waals surface area contributed by atoms with E-state index in [2.05, 4.69) is 194 Å². The second-order valence-electron chi connectivity index (χ2n) is 20.7. The Morgan fingerprint density at radius 2 is 0.556 bits per heavy atom. The summed E-state index contributed by atoms with van der Waals surface area (Å²) >= 11 is 0. The van der Waals surface area contributed by atoms with Crippen LogP contribution in [0.2, 0.25) is 0 Å². The van der Waals surface area contributed by atoms with E-state index < -0.39 is 0 Å². The molecule has 0 aliphatic rings.